The molecule has 1 aromatic carbocycles. The van der Waals surface area contributed by atoms with Gasteiger partial charge in [-0.25, -0.2) is 4.79 Å². The number of amides is 2. The molecule has 150 valence electrons. The molecule has 2 rings (SSSR count). The Labute approximate surface area is 164 Å². The van der Waals surface area contributed by atoms with E-state index in [9.17, 15) is 19.6 Å². The number of carbonyl (C=O) groups is 3. The maximum Gasteiger partial charge on any atom is 0.326 e. The topological polar surface area (TPSA) is 120 Å². The molecule has 0 spiro atoms. The van der Waals surface area contributed by atoms with Gasteiger partial charge in [-0.1, -0.05) is 30.3 Å². The average Bonchev–Trinajstić information content (AvgIpc) is 2.72. The zero-order valence-electron chi connectivity index (χ0n) is 15.9. The molecule has 8 heteroatoms. The summed E-state index contributed by atoms with van der Waals surface area (Å²) in [6.07, 6.45) is 1.22. The van der Waals surface area contributed by atoms with Crippen molar-refractivity contribution in [2.45, 2.75) is 38.1 Å². The first-order valence-electron chi connectivity index (χ1n) is 9.21. The lowest BCUT2D eigenvalue weighted by molar-refractivity contribution is -0.151. The number of ether oxygens (including phenoxy) is 1. The van der Waals surface area contributed by atoms with E-state index in [1.54, 1.807) is 4.90 Å². The largest absolute Gasteiger partial charge is 0.481 e. The molecular weight excluding hydrogens is 362 g/mol. The van der Waals surface area contributed by atoms with Crippen LogP contribution in [0.3, 0.4) is 0 Å². The molecule has 8 nitrogen and oxygen atoms in total. The van der Waals surface area contributed by atoms with Crippen molar-refractivity contribution in [2.24, 2.45) is 5.41 Å². The highest BCUT2D eigenvalue weighted by atomic mass is 16.5. The van der Waals surface area contributed by atoms with Crippen molar-refractivity contribution in [3.63, 3.8) is 0 Å². The van der Waals surface area contributed by atoms with Crippen LogP contribution in [-0.2, 0) is 20.7 Å². The molecule has 2 N–H and O–H groups in total. The molecule has 1 saturated heterocycles. The summed E-state index contributed by atoms with van der Waals surface area (Å²) in [5.41, 5.74) is -0.204. The predicted octanol–water partition coefficient (Wildman–Crippen LogP) is 1.95. The second kappa shape index (κ2) is 9.74. The Morgan fingerprint density at radius 3 is 2.46 bits per heavy atom. The number of esters is 1. The Balaban J connectivity index is 1.98. The molecular formula is C20H25N3O5. The van der Waals surface area contributed by atoms with Crippen LogP contribution >= 0.6 is 0 Å². The minimum absolute atomic E-state index is 0.0440. The summed E-state index contributed by atoms with van der Waals surface area (Å²) in [5.74, 6) is -1.49. The summed E-state index contributed by atoms with van der Waals surface area (Å²) < 4.78 is 4.73. The van der Waals surface area contributed by atoms with Gasteiger partial charge in [0, 0.05) is 25.6 Å². The molecule has 1 aliphatic rings. The number of piperidine rings is 1. The number of likely N-dealkylation sites (tertiary alicyclic amines) is 1. The van der Waals surface area contributed by atoms with Crippen molar-refractivity contribution in [2.75, 3.05) is 20.2 Å². The Morgan fingerprint density at radius 2 is 1.93 bits per heavy atom. The van der Waals surface area contributed by atoms with Crippen molar-refractivity contribution in [1.29, 1.82) is 5.26 Å². The van der Waals surface area contributed by atoms with Gasteiger partial charge in [-0.15, -0.1) is 0 Å². The van der Waals surface area contributed by atoms with Crippen molar-refractivity contribution in [1.82, 2.24) is 10.2 Å². The Morgan fingerprint density at radius 1 is 1.29 bits per heavy atom. The second-order valence-electron chi connectivity index (χ2n) is 6.94. The standard InChI is InChI=1S/C20H25N3O5/c1-28-18(26)20(14-21)9-11-23(12-10-20)19(27)22-16(7-8-17(24)25)13-15-5-3-2-4-6-15/h2-6,16H,7-13H2,1H3,(H,22,27)(H,24,25). The van der Waals surface area contributed by atoms with E-state index in [4.69, 9.17) is 9.84 Å². The fourth-order valence-electron chi connectivity index (χ4n) is 3.34. The Hall–Kier alpha value is -3.08. The quantitative estimate of drug-likeness (QED) is 0.690. The Kier molecular flexibility index (Phi) is 7.38. The normalized spacial score (nSPS) is 16.5. The number of methoxy groups -OCH3 is 1. The molecule has 0 aromatic heterocycles. The summed E-state index contributed by atoms with van der Waals surface area (Å²) >= 11 is 0. The molecule has 0 bridgehead atoms. The Bertz CT molecular complexity index is 736. The molecule has 0 radical (unpaired) electrons. The lowest BCUT2D eigenvalue weighted by Gasteiger charge is -2.36. The maximum atomic E-state index is 12.7. The first-order valence-corrected chi connectivity index (χ1v) is 9.21. The van der Waals surface area contributed by atoms with E-state index in [-0.39, 0.29) is 44.4 Å². The minimum Gasteiger partial charge on any atom is -0.481 e. The van der Waals surface area contributed by atoms with Gasteiger partial charge >= 0.3 is 18.0 Å². The molecule has 1 aromatic rings. The molecule has 0 aliphatic carbocycles. The molecule has 2 amide bonds. The van der Waals surface area contributed by atoms with Crippen molar-refractivity contribution >= 4 is 18.0 Å². The van der Waals surface area contributed by atoms with Gasteiger partial charge in [0.2, 0.25) is 0 Å². The predicted molar refractivity (Wildman–Crippen MR) is 100 cm³/mol. The van der Waals surface area contributed by atoms with Crippen LogP contribution < -0.4 is 5.32 Å². The zero-order chi connectivity index (χ0) is 20.6. The lowest BCUT2D eigenvalue weighted by atomic mass is 9.80. The summed E-state index contributed by atoms with van der Waals surface area (Å²) in [6, 6.07) is 10.9. The maximum absolute atomic E-state index is 12.7. The fourth-order valence-corrected chi connectivity index (χ4v) is 3.34. The van der Waals surface area contributed by atoms with Gasteiger partial charge < -0.3 is 20.1 Å². The van der Waals surface area contributed by atoms with Gasteiger partial charge in [0.05, 0.1) is 13.2 Å². The van der Waals surface area contributed by atoms with Crippen molar-refractivity contribution < 1.29 is 24.2 Å². The number of carboxylic acid groups (broad SMARTS) is 1. The van der Waals surface area contributed by atoms with Crippen molar-refractivity contribution in [3.8, 4) is 6.07 Å². The third-order valence-corrected chi connectivity index (χ3v) is 5.05. The van der Waals surface area contributed by atoms with Crippen LogP contribution in [0.15, 0.2) is 30.3 Å². The number of hydrogen-bond acceptors (Lipinski definition) is 5. The average molecular weight is 387 g/mol. The van der Waals surface area contributed by atoms with Crippen LogP contribution in [0.1, 0.15) is 31.2 Å². The van der Waals surface area contributed by atoms with E-state index in [1.807, 2.05) is 36.4 Å². The van der Waals surface area contributed by atoms with Crippen LogP contribution in [0.2, 0.25) is 0 Å². The van der Waals surface area contributed by atoms with Crippen LogP contribution in [-0.4, -0.2) is 54.2 Å². The smallest absolute Gasteiger partial charge is 0.326 e. The zero-order valence-corrected chi connectivity index (χ0v) is 15.9. The molecule has 1 fully saturated rings. The molecule has 1 heterocycles. The lowest BCUT2D eigenvalue weighted by Crippen LogP contribution is -2.51. The molecule has 1 aliphatic heterocycles. The number of nitrogens with zero attached hydrogens (tertiary/aromatic N) is 2. The molecule has 28 heavy (non-hydrogen) atoms. The second-order valence-corrected chi connectivity index (χ2v) is 6.94. The number of rotatable bonds is 7. The van der Waals surface area contributed by atoms with Gasteiger partial charge in [-0.3, -0.25) is 9.59 Å². The van der Waals surface area contributed by atoms with Gasteiger partial charge in [0.25, 0.3) is 0 Å². The highest BCUT2D eigenvalue weighted by molar-refractivity contribution is 5.81. The van der Waals surface area contributed by atoms with E-state index < -0.39 is 17.4 Å². The molecule has 1 unspecified atom stereocenters. The fraction of sp³-hybridized carbons (Fsp3) is 0.500. The van der Waals surface area contributed by atoms with Gasteiger partial charge in [-0.2, -0.15) is 5.26 Å². The summed E-state index contributed by atoms with van der Waals surface area (Å²) in [5, 5.41) is 21.3. The van der Waals surface area contributed by atoms with Gasteiger partial charge in [-0.05, 0) is 31.2 Å². The summed E-state index contributed by atoms with van der Waals surface area (Å²) in [7, 11) is 1.25. The number of carboxylic acids is 1. The summed E-state index contributed by atoms with van der Waals surface area (Å²) in [4.78, 5) is 37.1. The SMILES string of the molecule is COC(=O)C1(C#N)CCN(C(=O)NC(CCC(=O)O)Cc2ccccc2)CC1. The third-order valence-electron chi connectivity index (χ3n) is 5.05. The van der Waals surface area contributed by atoms with Gasteiger partial charge in [0.1, 0.15) is 0 Å². The molecule has 1 atom stereocenters. The van der Waals surface area contributed by atoms with Gasteiger partial charge in [0.15, 0.2) is 5.41 Å². The van der Waals surface area contributed by atoms with Crippen LogP contribution in [0, 0.1) is 16.7 Å². The van der Waals surface area contributed by atoms with E-state index in [2.05, 4.69) is 5.32 Å². The first kappa shape index (κ1) is 21.2. The van der Waals surface area contributed by atoms with E-state index >= 15 is 0 Å². The number of nitrogens with one attached hydrogen (secondary N) is 1. The summed E-state index contributed by atoms with van der Waals surface area (Å²) in [6.45, 7) is 0.511. The number of hydrogen-bond donors (Lipinski definition) is 2. The highest BCUT2D eigenvalue weighted by Gasteiger charge is 2.44. The number of carbonyl (C=O) groups excluding carboxylic acids is 2. The first-order chi connectivity index (χ1) is 13.4. The minimum atomic E-state index is -1.21. The van der Waals surface area contributed by atoms with Crippen molar-refractivity contribution in [3.05, 3.63) is 35.9 Å². The van der Waals surface area contributed by atoms with E-state index in [0.717, 1.165) is 5.56 Å². The number of nitriles is 1. The number of benzene rings is 1. The van der Waals surface area contributed by atoms with E-state index in [1.165, 1.54) is 7.11 Å². The molecule has 0 saturated carbocycles. The number of aliphatic carboxylic acids is 1. The van der Waals surface area contributed by atoms with Crippen LogP contribution in [0.25, 0.3) is 0 Å². The number of urea groups is 1. The van der Waals surface area contributed by atoms with Crippen LogP contribution in [0.4, 0.5) is 4.79 Å². The highest BCUT2D eigenvalue weighted by Crippen LogP contribution is 2.32. The van der Waals surface area contributed by atoms with Crippen LogP contribution in [0.5, 0.6) is 0 Å². The third kappa shape index (κ3) is 5.46. The van der Waals surface area contributed by atoms with E-state index in [0.29, 0.717) is 12.8 Å². The monoisotopic (exact) mass is 387 g/mol.